The van der Waals surface area contributed by atoms with E-state index < -0.39 is 0 Å². The SMILES string of the molecule is CC(C)CN1Cc2c(nc(C3CCCCC3)n2Cc2ccc(-c3ccccc3-c3nn[nH]n3)cc2)N(CCc2ccccc2)C1. The molecule has 8 nitrogen and oxygen atoms in total. The number of hydrogen-bond donors (Lipinski definition) is 1. The average molecular weight is 601 g/mol. The summed E-state index contributed by atoms with van der Waals surface area (Å²) in [7, 11) is 0. The maximum atomic E-state index is 5.52. The number of imidazole rings is 1. The third-order valence-electron chi connectivity index (χ3n) is 9.35. The largest absolute Gasteiger partial charge is 0.342 e. The minimum absolute atomic E-state index is 0.528. The first kappa shape index (κ1) is 29.4. The van der Waals surface area contributed by atoms with Crippen molar-refractivity contribution in [2.45, 2.75) is 71.4 Å². The summed E-state index contributed by atoms with van der Waals surface area (Å²) in [6, 6.07) is 28.2. The molecule has 232 valence electrons. The number of tetrazole rings is 1. The maximum Gasteiger partial charge on any atom is 0.205 e. The summed E-state index contributed by atoms with van der Waals surface area (Å²) in [5, 5.41) is 14.8. The lowest BCUT2D eigenvalue weighted by atomic mass is 9.88. The van der Waals surface area contributed by atoms with Crippen LogP contribution in [0, 0.1) is 5.92 Å². The zero-order valence-corrected chi connectivity index (χ0v) is 26.6. The fraction of sp³-hybridized carbons (Fsp3) is 0.405. The highest BCUT2D eigenvalue weighted by Crippen LogP contribution is 2.38. The predicted octanol–water partition coefficient (Wildman–Crippen LogP) is 7.30. The molecule has 1 N–H and O–H groups in total. The number of aromatic nitrogens is 6. The summed E-state index contributed by atoms with van der Waals surface area (Å²) in [5.74, 6) is 4.25. The summed E-state index contributed by atoms with van der Waals surface area (Å²) in [6.07, 6.45) is 7.44. The Hall–Kier alpha value is -4.30. The Morgan fingerprint density at radius 1 is 0.844 bits per heavy atom. The van der Waals surface area contributed by atoms with E-state index in [0.29, 0.717) is 17.7 Å². The van der Waals surface area contributed by atoms with Crippen LogP contribution in [-0.4, -0.2) is 54.8 Å². The molecular formula is C37H44N8. The van der Waals surface area contributed by atoms with Gasteiger partial charge in [-0.2, -0.15) is 5.21 Å². The van der Waals surface area contributed by atoms with Gasteiger partial charge in [-0.15, -0.1) is 10.2 Å². The van der Waals surface area contributed by atoms with Crippen LogP contribution in [0.15, 0.2) is 78.9 Å². The highest BCUT2D eigenvalue weighted by Gasteiger charge is 2.32. The van der Waals surface area contributed by atoms with Crippen molar-refractivity contribution in [3.05, 3.63) is 102 Å². The van der Waals surface area contributed by atoms with Crippen LogP contribution in [0.2, 0.25) is 0 Å². The van der Waals surface area contributed by atoms with Crippen molar-refractivity contribution in [2.75, 3.05) is 24.7 Å². The fourth-order valence-electron chi connectivity index (χ4n) is 7.22. The Kier molecular flexibility index (Phi) is 8.74. The van der Waals surface area contributed by atoms with Gasteiger partial charge in [0, 0.05) is 37.7 Å². The van der Waals surface area contributed by atoms with Crippen LogP contribution in [0.3, 0.4) is 0 Å². The lowest BCUT2D eigenvalue weighted by Gasteiger charge is -2.37. The average Bonchev–Trinajstić information content (AvgIpc) is 3.74. The van der Waals surface area contributed by atoms with Crippen molar-refractivity contribution < 1.29 is 0 Å². The summed E-state index contributed by atoms with van der Waals surface area (Å²) < 4.78 is 2.59. The second-order valence-corrected chi connectivity index (χ2v) is 13.2. The molecule has 3 heterocycles. The molecule has 1 saturated carbocycles. The smallest absolute Gasteiger partial charge is 0.205 e. The molecule has 0 unspecified atom stereocenters. The van der Waals surface area contributed by atoms with Gasteiger partial charge in [0.05, 0.1) is 12.4 Å². The van der Waals surface area contributed by atoms with E-state index in [1.165, 1.54) is 60.6 Å². The van der Waals surface area contributed by atoms with E-state index in [2.05, 4.69) is 122 Å². The second kappa shape index (κ2) is 13.4. The van der Waals surface area contributed by atoms with Gasteiger partial charge in [-0.05, 0) is 52.6 Å². The maximum absolute atomic E-state index is 5.52. The van der Waals surface area contributed by atoms with Gasteiger partial charge in [-0.1, -0.05) is 112 Å². The molecule has 2 aliphatic rings. The van der Waals surface area contributed by atoms with E-state index in [9.17, 15) is 0 Å². The Morgan fingerprint density at radius 3 is 2.33 bits per heavy atom. The molecule has 0 spiro atoms. The number of nitrogens with zero attached hydrogens (tertiary/aromatic N) is 7. The van der Waals surface area contributed by atoms with Crippen LogP contribution in [0.1, 0.15) is 74.5 Å². The van der Waals surface area contributed by atoms with Crippen LogP contribution in [0.25, 0.3) is 22.5 Å². The van der Waals surface area contributed by atoms with E-state index in [4.69, 9.17) is 4.98 Å². The van der Waals surface area contributed by atoms with Crippen molar-refractivity contribution in [2.24, 2.45) is 5.92 Å². The number of benzene rings is 3. The van der Waals surface area contributed by atoms with Crippen molar-refractivity contribution >= 4 is 5.82 Å². The van der Waals surface area contributed by atoms with E-state index >= 15 is 0 Å². The van der Waals surface area contributed by atoms with Gasteiger partial charge in [-0.3, -0.25) is 4.90 Å². The highest BCUT2D eigenvalue weighted by atomic mass is 15.5. The molecule has 0 bridgehead atoms. The van der Waals surface area contributed by atoms with Crippen LogP contribution in [-0.2, 0) is 19.5 Å². The summed E-state index contributed by atoms with van der Waals surface area (Å²) >= 11 is 0. The monoisotopic (exact) mass is 600 g/mol. The first-order valence-corrected chi connectivity index (χ1v) is 16.6. The lowest BCUT2D eigenvalue weighted by molar-refractivity contribution is 0.218. The van der Waals surface area contributed by atoms with Gasteiger partial charge >= 0.3 is 0 Å². The number of anilines is 1. The zero-order valence-electron chi connectivity index (χ0n) is 26.6. The van der Waals surface area contributed by atoms with E-state index in [0.717, 1.165) is 56.0 Å². The highest BCUT2D eigenvalue weighted by molar-refractivity contribution is 5.80. The minimum Gasteiger partial charge on any atom is -0.342 e. The Labute approximate surface area is 266 Å². The molecule has 0 amide bonds. The molecule has 1 fully saturated rings. The molecule has 0 radical (unpaired) electrons. The number of H-pyrrole nitrogens is 1. The van der Waals surface area contributed by atoms with Gasteiger partial charge in [0.15, 0.2) is 5.82 Å². The Balaban J connectivity index is 1.22. The number of hydrogen-bond acceptors (Lipinski definition) is 6. The Morgan fingerprint density at radius 2 is 1.60 bits per heavy atom. The van der Waals surface area contributed by atoms with Crippen LogP contribution in [0.4, 0.5) is 5.82 Å². The molecule has 7 rings (SSSR count). The van der Waals surface area contributed by atoms with Crippen molar-refractivity contribution in [3.8, 4) is 22.5 Å². The number of aromatic amines is 1. The number of fused-ring (bicyclic) bond motifs is 1. The number of rotatable bonds is 10. The lowest BCUT2D eigenvalue weighted by Crippen LogP contribution is -2.45. The van der Waals surface area contributed by atoms with Crippen LogP contribution in [0.5, 0.6) is 0 Å². The Bertz CT molecular complexity index is 1670. The molecule has 0 saturated heterocycles. The predicted molar refractivity (Wildman–Crippen MR) is 180 cm³/mol. The molecule has 2 aromatic heterocycles. The topological polar surface area (TPSA) is 78.8 Å². The molecular weight excluding hydrogens is 556 g/mol. The van der Waals surface area contributed by atoms with Crippen molar-refractivity contribution in [3.63, 3.8) is 0 Å². The van der Waals surface area contributed by atoms with Gasteiger partial charge in [0.25, 0.3) is 0 Å². The van der Waals surface area contributed by atoms with E-state index in [1.807, 2.05) is 6.07 Å². The number of nitrogens with one attached hydrogen (secondary N) is 1. The molecule has 0 atom stereocenters. The molecule has 1 aliphatic heterocycles. The van der Waals surface area contributed by atoms with Crippen LogP contribution >= 0.6 is 0 Å². The first-order valence-electron chi connectivity index (χ1n) is 16.6. The summed E-state index contributed by atoms with van der Waals surface area (Å²) in [4.78, 5) is 10.7. The standard InChI is InChI=1S/C37H44N8/c1-27(2)23-43-25-34-37(44(26-43)22-21-28-11-5-3-6-12-28)38-36(31-13-7-4-8-14-31)45(34)24-29-17-19-30(20-18-29)32-15-9-10-16-33(32)35-39-41-42-40-35/h3,5-6,9-12,15-20,27,31H,4,7-8,13-14,21-26H2,1-2H3,(H,39,40,41,42). The van der Waals surface area contributed by atoms with Gasteiger partial charge < -0.3 is 9.47 Å². The molecule has 8 heteroatoms. The van der Waals surface area contributed by atoms with Crippen molar-refractivity contribution in [1.82, 2.24) is 35.1 Å². The normalized spacial score (nSPS) is 15.9. The fourth-order valence-corrected chi connectivity index (χ4v) is 7.22. The molecule has 1 aliphatic carbocycles. The molecule has 3 aromatic carbocycles. The molecule has 5 aromatic rings. The molecule has 45 heavy (non-hydrogen) atoms. The van der Waals surface area contributed by atoms with Gasteiger partial charge in [0.1, 0.15) is 5.82 Å². The zero-order chi connectivity index (χ0) is 30.6. The van der Waals surface area contributed by atoms with Crippen molar-refractivity contribution in [1.29, 1.82) is 0 Å². The van der Waals surface area contributed by atoms with E-state index in [-0.39, 0.29) is 0 Å². The van der Waals surface area contributed by atoms with E-state index in [1.54, 1.807) is 0 Å². The summed E-state index contributed by atoms with van der Waals surface area (Å²) in [5.41, 5.74) is 7.28. The summed E-state index contributed by atoms with van der Waals surface area (Å²) in [6.45, 7) is 9.43. The van der Waals surface area contributed by atoms with Gasteiger partial charge in [0.2, 0.25) is 5.82 Å². The van der Waals surface area contributed by atoms with Gasteiger partial charge in [-0.25, -0.2) is 4.98 Å². The minimum atomic E-state index is 0.528. The third-order valence-corrected chi connectivity index (χ3v) is 9.35. The second-order valence-electron chi connectivity index (χ2n) is 13.2. The third kappa shape index (κ3) is 6.57. The van der Waals surface area contributed by atoms with Crippen LogP contribution < -0.4 is 4.90 Å². The first-order chi connectivity index (χ1) is 22.1. The quantitative estimate of drug-likeness (QED) is 0.181.